The van der Waals surface area contributed by atoms with E-state index in [2.05, 4.69) is 44.2 Å². The summed E-state index contributed by atoms with van der Waals surface area (Å²) >= 11 is 0. The maximum absolute atomic E-state index is 12.8. The number of carbonyl (C=O) groups is 1. The van der Waals surface area contributed by atoms with Gasteiger partial charge in [0.05, 0.1) is 6.42 Å². The average molecular weight is 373 g/mol. The van der Waals surface area contributed by atoms with Crippen LogP contribution in [0.15, 0.2) is 78.9 Å². The molecule has 3 aromatic rings. The summed E-state index contributed by atoms with van der Waals surface area (Å²) in [7, 11) is 0. The Morgan fingerprint density at radius 2 is 1.50 bits per heavy atom. The zero-order chi connectivity index (χ0) is 19.9. The van der Waals surface area contributed by atoms with Crippen molar-refractivity contribution in [1.29, 1.82) is 0 Å². The van der Waals surface area contributed by atoms with Crippen molar-refractivity contribution in [2.75, 3.05) is 0 Å². The van der Waals surface area contributed by atoms with Crippen molar-refractivity contribution in [3.05, 3.63) is 101 Å². The van der Waals surface area contributed by atoms with Gasteiger partial charge in [0, 0.05) is 0 Å². The molecule has 0 bridgehead atoms. The normalized spacial score (nSPS) is 12.0. The van der Waals surface area contributed by atoms with E-state index in [1.54, 1.807) is 0 Å². The topological polar surface area (TPSA) is 26.3 Å². The first-order valence-electron chi connectivity index (χ1n) is 9.93. The second-order valence-corrected chi connectivity index (χ2v) is 7.66. The van der Waals surface area contributed by atoms with Gasteiger partial charge in [-0.2, -0.15) is 0 Å². The summed E-state index contributed by atoms with van der Waals surface area (Å²) in [6.07, 6.45) is 1.16. The molecule has 0 heterocycles. The molecular weight excluding hydrogens is 344 g/mol. The van der Waals surface area contributed by atoms with Crippen LogP contribution in [0.5, 0.6) is 5.75 Å². The molecular formula is C26H28O2. The summed E-state index contributed by atoms with van der Waals surface area (Å²) in [5.41, 5.74) is 4.55. The molecule has 0 aromatic heterocycles. The highest BCUT2D eigenvalue weighted by Crippen LogP contribution is 2.28. The van der Waals surface area contributed by atoms with Gasteiger partial charge in [-0.25, -0.2) is 0 Å². The van der Waals surface area contributed by atoms with Gasteiger partial charge in [-0.05, 0) is 53.5 Å². The van der Waals surface area contributed by atoms with Crippen LogP contribution < -0.4 is 4.74 Å². The molecule has 0 unspecified atom stereocenters. The van der Waals surface area contributed by atoms with Gasteiger partial charge in [0.1, 0.15) is 5.75 Å². The minimum atomic E-state index is -0.186. The Bertz CT molecular complexity index is 898. The number of aryl methyl sites for hydroxylation is 1. The standard InChI is InChI=1S/C26H28O2/c1-19(2)23-15-14-20(3)25(17-23)28-26(27)18-24(22-12-8-5-9-13-22)16-21-10-6-4-7-11-21/h4-15,17,19,24H,16,18H2,1-3H3/t24-/m1/s1. The van der Waals surface area contributed by atoms with Crippen LogP contribution >= 0.6 is 0 Å². The number of benzene rings is 3. The Labute approximate surface area is 168 Å². The third-order valence-electron chi connectivity index (χ3n) is 5.11. The summed E-state index contributed by atoms with van der Waals surface area (Å²) in [4.78, 5) is 12.8. The number of carbonyl (C=O) groups excluding carboxylic acids is 1. The molecule has 0 N–H and O–H groups in total. The first kappa shape index (κ1) is 19.9. The van der Waals surface area contributed by atoms with Gasteiger partial charge in [0.2, 0.25) is 0 Å². The smallest absolute Gasteiger partial charge is 0.311 e. The van der Waals surface area contributed by atoms with Gasteiger partial charge in [0.25, 0.3) is 0 Å². The second kappa shape index (κ2) is 9.36. The molecule has 3 aromatic carbocycles. The van der Waals surface area contributed by atoms with E-state index in [1.807, 2.05) is 55.5 Å². The third-order valence-corrected chi connectivity index (χ3v) is 5.11. The van der Waals surface area contributed by atoms with Crippen molar-refractivity contribution in [3.8, 4) is 5.75 Å². The molecule has 0 saturated carbocycles. The summed E-state index contributed by atoms with van der Waals surface area (Å²) in [5, 5.41) is 0. The SMILES string of the molecule is Cc1ccc(C(C)C)cc1OC(=O)C[C@@H](Cc1ccccc1)c1ccccc1. The second-order valence-electron chi connectivity index (χ2n) is 7.66. The monoisotopic (exact) mass is 372 g/mol. The van der Waals surface area contributed by atoms with Crippen LogP contribution in [0.2, 0.25) is 0 Å². The molecule has 2 nitrogen and oxygen atoms in total. The van der Waals surface area contributed by atoms with E-state index in [0.29, 0.717) is 18.1 Å². The van der Waals surface area contributed by atoms with E-state index in [9.17, 15) is 4.79 Å². The zero-order valence-electron chi connectivity index (χ0n) is 16.9. The van der Waals surface area contributed by atoms with E-state index >= 15 is 0 Å². The summed E-state index contributed by atoms with van der Waals surface area (Å²) in [5.74, 6) is 0.967. The number of rotatable bonds is 7. The van der Waals surface area contributed by atoms with Crippen molar-refractivity contribution in [1.82, 2.24) is 0 Å². The van der Waals surface area contributed by atoms with Crippen molar-refractivity contribution >= 4 is 5.97 Å². The first-order chi connectivity index (χ1) is 13.5. The van der Waals surface area contributed by atoms with E-state index in [1.165, 1.54) is 11.1 Å². The molecule has 0 aliphatic carbocycles. The van der Waals surface area contributed by atoms with Crippen LogP contribution in [-0.2, 0) is 11.2 Å². The number of ether oxygens (including phenoxy) is 1. The van der Waals surface area contributed by atoms with Gasteiger partial charge < -0.3 is 4.74 Å². The van der Waals surface area contributed by atoms with Crippen LogP contribution in [0.1, 0.15) is 54.4 Å². The molecule has 0 fully saturated rings. The van der Waals surface area contributed by atoms with Crippen molar-refractivity contribution < 1.29 is 9.53 Å². The molecule has 28 heavy (non-hydrogen) atoms. The lowest BCUT2D eigenvalue weighted by molar-refractivity contribution is -0.134. The van der Waals surface area contributed by atoms with E-state index in [4.69, 9.17) is 4.74 Å². The number of hydrogen-bond acceptors (Lipinski definition) is 2. The van der Waals surface area contributed by atoms with Crippen LogP contribution in [0, 0.1) is 6.92 Å². The summed E-state index contributed by atoms with van der Waals surface area (Å²) < 4.78 is 5.79. The molecule has 0 saturated heterocycles. The minimum absolute atomic E-state index is 0.0877. The number of hydrogen-bond donors (Lipinski definition) is 0. The highest BCUT2D eigenvalue weighted by atomic mass is 16.5. The third kappa shape index (κ3) is 5.32. The molecule has 0 aliphatic rings. The Morgan fingerprint density at radius 1 is 0.857 bits per heavy atom. The highest BCUT2D eigenvalue weighted by Gasteiger charge is 2.19. The fraction of sp³-hybridized carbons (Fsp3) is 0.269. The zero-order valence-corrected chi connectivity index (χ0v) is 16.9. The lowest BCUT2D eigenvalue weighted by Crippen LogP contribution is -2.15. The van der Waals surface area contributed by atoms with Crippen LogP contribution in [0.3, 0.4) is 0 Å². The molecule has 0 radical (unpaired) electrons. The Hall–Kier alpha value is -2.87. The van der Waals surface area contributed by atoms with Gasteiger partial charge in [-0.1, -0.05) is 86.6 Å². The minimum Gasteiger partial charge on any atom is -0.426 e. The van der Waals surface area contributed by atoms with E-state index < -0.39 is 0 Å². The van der Waals surface area contributed by atoms with E-state index in [-0.39, 0.29) is 11.9 Å². The lowest BCUT2D eigenvalue weighted by Gasteiger charge is -2.18. The maximum atomic E-state index is 12.8. The lowest BCUT2D eigenvalue weighted by atomic mass is 9.89. The maximum Gasteiger partial charge on any atom is 0.311 e. The predicted octanol–water partition coefficient (Wildman–Crippen LogP) is 6.44. The van der Waals surface area contributed by atoms with Crippen LogP contribution in [0.4, 0.5) is 0 Å². The Balaban J connectivity index is 1.77. The highest BCUT2D eigenvalue weighted by molar-refractivity contribution is 5.74. The first-order valence-corrected chi connectivity index (χ1v) is 9.93. The van der Waals surface area contributed by atoms with Gasteiger partial charge in [-0.3, -0.25) is 4.79 Å². The van der Waals surface area contributed by atoms with Crippen LogP contribution in [-0.4, -0.2) is 5.97 Å². The Morgan fingerprint density at radius 3 is 2.14 bits per heavy atom. The molecule has 0 spiro atoms. The van der Waals surface area contributed by atoms with Crippen molar-refractivity contribution in [2.45, 2.75) is 45.4 Å². The van der Waals surface area contributed by atoms with Gasteiger partial charge in [0.15, 0.2) is 0 Å². The molecule has 0 amide bonds. The van der Waals surface area contributed by atoms with Gasteiger partial charge in [-0.15, -0.1) is 0 Å². The molecule has 3 rings (SSSR count). The summed E-state index contributed by atoms with van der Waals surface area (Å²) in [6.45, 7) is 6.26. The fourth-order valence-electron chi connectivity index (χ4n) is 3.38. The van der Waals surface area contributed by atoms with E-state index in [0.717, 1.165) is 17.5 Å². The summed E-state index contributed by atoms with van der Waals surface area (Å²) in [6, 6.07) is 26.6. The number of esters is 1. The largest absolute Gasteiger partial charge is 0.426 e. The van der Waals surface area contributed by atoms with Crippen LogP contribution in [0.25, 0.3) is 0 Å². The molecule has 0 aliphatic heterocycles. The molecule has 2 heteroatoms. The predicted molar refractivity (Wildman–Crippen MR) is 115 cm³/mol. The molecule has 144 valence electrons. The fourth-order valence-corrected chi connectivity index (χ4v) is 3.38. The van der Waals surface area contributed by atoms with Crippen molar-refractivity contribution in [3.63, 3.8) is 0 Å². The van der Waals surface area contributed by atoms with Crippen molar-refractivity contribution in [2.24, 2.45) is 0 Å². The quantitative estimate of drug-likeness (QED) is 0.352. The van der Waals surface area contributed by atoms with Gasteiger partial charge >= 0.3 is 5.97 Å². The average Bonchev–Trinajstić information content (AvgIpc) is 2.70. The molecule has 1 atom stereocenters. The Kier molecular flexibility index (Phi) is 6.65.